The maximum atomic E-state index is 11.5. The van der Waals surface area contributed by atoms with Gasteiger partial charge in [-0.3, -0.25) is 4.79 Å². The maximum Gasteiger partial charge on any atom is 0.211 e. The van der Waals surface area contributed by atoms with Crippen LogP contribution in [0, 0.1) is 0 Å². The second-order valence-electron chi connectivity index (χ2n) is 4.28. The molecule has 102 valence electrons. The summed E-state index contributed by atoms with van der Waals surface area (Å²) in [5.74, 6) is -0.0848. The molecule has 0 heterocycles. The van der Waals surface area contributed by atoms with Gasteiger partial charge in [0.25, 0.3) is 0 Å². The maximum absolute atomic E-state index is 11.5. The number of benzene rings is 1. The zero-order chi connectivity index (χ0) is 14.4. The SMILES string of the molecule is CC(=O)c1cc(/C=N\N=C(N)N)cc(SC(C)C)c1. The fraction of sp³-hybridized carbons (Fsp3) is 0.308. The zero-order valence-corrected chi connectivity index (χ0v) is 12.1. The summed E-state index contributed by atoms with van der Waals surface area (Å²) in [6.45, 7) is 5.73. The fourth-order valence-electron chi connectivity index (χ4n) is 1.40. The number of ketones is 1. The van der Waals surface area contributed by atoms with Crippen molar-refractivity contribution in [2.75, 3.05) is 0 Å². The van der Waals surface area contributed by atoms with Gasteiger partial charge in [0.15, 0.2) is 5.78 Å². The molecule has 1 rings (SSSR count). The molecule has 5 nitrogen and oxygen atoms in total. The molecule has 0 aliphatic carbocycles. The van der Waals surface area contributed by atoms with Gasteiger partial charge in [0.2, 0.25) is 5.96 Å². The lowest BCUT2D eigenvalue weighted by Crippen LogP contribution is -2.21. The third-order valence-corrected chi connectivity index (χ3v) is 3.07. The average Bonchev–Trinajstić information content (AvgIpc) is 2.27. The van der Waals surface area contributed by atoms with Crippen LogP contribution in [0.25, 0.3) is 0 Å². The quantitative estimate of drug-likeness (QED) is 0.283. The van der Waals surface area contributed by atoms with Crippen molar-refractivity contribution in [1.82, 2.24) is 0 Å². The Morgan fingerprint density at radius 3 is 2.53 bits per heavy atom. The van der Waals surface area contributed by atoms with E-state index >= 15 is 0 Å². The van der Waals surface area contributed by atoms with Crippen LogP contribution < -0.4 is 11.5 Å². The highest BCUT2D eigenvalue weighted by Gasteiger charge is 2.06. The van der Waals surface area contributed by atoms with E-state index in [2.05, 4.69) is 24.1 Å². The lowest BCUT2D eigenvalue weighted by atomic mass is 10.1. The third kappa shape index (κ3) is 5.56. The first kappa shape index (κ1) is 15.2. The summed E-state index contributed by atoms with van der Waals surface area (Å²) < 4.78 is 0. The van der Waals surface area contributed by atoms with E-state index in [1.165, 1.54) is 13.1 Å². The van der Waals surface area contributed by atoms with Crippen molar-refractivity contribution in [1.29, 1.82) is 0 Å². The minimum absolute atomic E-state index is 0.0164. The lowest BCUT2D eigenvalue weighted by molar-refractivity contribution is 0.101. The van der Waals surface area contributed by atoms with E-state index < -0.39 is 0 Å². The topological polar surface area (TPSA) is 93.8 Å². The molecule has 0 saturated heterocycles. The van der Waals surface area contributed by atoms with Gasteiger partial charge in [-0.1, -0.05) is 13.8 Å². The highest BCUT2D eigenvalue weighted by atomic mass is 32.2. The molecule has 1 aromatic rings. The molecule has 0 atom stereocenters. The van der Waals surface area contributed by atoms with Gasteiger partial charge >= 0.3 is 0 Å². The van der Waals surface area contributed by atoms with Crippen LogP contribution in [0.4, 0.5) is 0 Å². The minimum atomic E-state index is -0.101. The number of nitrogens with two attached hydrogens (primary N) is 2. The summed E-state index contributed by atoms with van der Waals surface area (Å²) in [6, 6.07) is 5.59. The molecule has 0 aromatic heterocycles. The van der Waals surface area contributed by atoms with Crippen LogP contribution in [0.2, 0.25) is 0 Å². The van der Waals surface area contributed by atoms with Gasteiger partial charge in [0.1, 0.15) is 0 Å². The second kappa shape index (κ2) is 6.94. The van der Waals surface area contributed by atoms with Crippen LogP contribution in [0.1, 0.15) is 36.7 Å². The number of Topliss-reactive ketones (excluding diaryl/α,β-unsaturated/α-hetero) is 1. The number of carbonyl (C=O) groups excluding carboxylic acids is 1. The molecule has 6 heteroatoms. The van der Waals surface area contributed by atoms with Gasteiger partial charge < -0.3 is 11.5 Å². The molecule has 0 radical (unpaired) electrons. The predicted molar refractivity (Wildman–Crippen MR) is 80.8 cm³/mol. The Morgan fingerprint density at radius 2 is 2.00 bits per heavy atom. The van der Waals surface area contributed by atoms with Crippen molar-refractivity contribution in [3.8, 4) is 0 Å². The van der Waals surface area contributed by atoms with Gasteiger partial charge in [-0.25, -0.2) is 0 Å². The summed E-state index contributed by atoms with van der Waals surface area (Å²) in [6.07, 6.45) is 1.52. The van der Waals surface area contributed by atoms with Crippen molar-refractivity contribution in [3.05, 3.63) is 29.3 Å². The Labute approximate surface area is 117 Å². The molecule has 0 amide bonds. The molecule has 0 unspecified atom stereocenters. The smallest absolute Gasteiger partial charge is 0.211 e. The van der Waals surface area contributed by atoms with Crippen molar-refractivity contribution in [3.63, 3.8) is 0 Å². The predicted octanol–water partition coefficient (Wildman–Crippen LogP) is 2.00. The first-order valence-electron chi connectivity index (χ1n) is 5.83. The molecule has 0 spiro atoms. The molecule has 19 heavy (non-hydrogen) atoms. The number of thioether (sulfide) groups is 1. The van der Waals surface area contributed by atoms with Crippen LogP contribution in [-0.2, 0) is 0 Å². The number of carbonyl (C=O) groups is 1. The van der Waals surface area contributed by atoms with Crippen molar-refractivity contribution >= 4 is 29.7 Å². The number of hydrogen-bond donors (Lipinski definition) is 2. The van der Waals surface area contributed by atoms with Crippen LogP contribution in [0.15, 0.2) is 33.3 Å². The molecule has 4 N–H and O–H groups in total. The average molecular weight is 278 g/mol. The fourth-order valence-corrected chi connectivity index (χ4v) is 2.35. The van der Waals surface area contributed by atoms with Crippen LogP contribution in [0.5, 0.6) is 0 Å². The molecular weight excluding hydrogens is 260 g/mol. The van der Waals surface area contributed by atoms with E-state index in [1.807, 2.05) is 12.1 Å². The summed E-state index contributed by atoms with van der Waals surface area (Å²) in [5.41, 5.74) is 11.8. The van der Waals surface area contributed by atoms with E-state index in [4.69, 9.17) is 11.5 Å². The van der Waals surface area contributed by atoms with E-state index in [0.717, 1.165) is 10.5 Å². The van der Waals surface area contributed by atoms with Gasteiger partial charge in [-0.15, -0.1) is 16.9 Å². The Bertz CT molecular complexity index is 519. The summed E-state index contributed by atoms with van der Waals surface area (Å²) >= 11 is 1.68. The molecule has 0 bridgehead atoms. The standard InChI is InChI=1S/C13H18N4OS/c1-8(2)19-12-5-10(7-16-17-13(14)15)4-11(6-12)9(3)18/h4-8H,1-3H3,(H4,14,15,17)/b16-7-. The molecule has 0 aliphatic heterocycles. The third-order valence-electron chi connectivity index (χ3n) is 2.09. The summed E-state index contributed by atoms with van der Waals surface area (Å²) in [5, 5.41) is 7.72. The van der Waals surface area contributed by atoms with Crippen molar-refractivity contribution in [2.24, 2.45) is 21.7 Å². The molecule has 0 fully saturated rings. The minimum Gasteiger partial charge on any atom is -0.369 e. The van der Waals surface area contributed by atoms with Crippen LogP contribution >= 0.6 is 11.8 Å². The van der Waals surface area contributed by atoms with Crippen molar-refractivity contribution in [2.45, 2.75) is 30.9 Å². The van der Waals surface area contributed by atoms with Gasteiger partial charge in [-0.05, 0) is 30.7 Å². The first-order chi connectivity index (χ1) is 8.88. The summed E-state index contributed by atoms with van der Waals surface area (Å²) in [4.78, 5) is 12.5. The number of hydrogen-bond acceptors (Lipinski definition) is 4. The van der Waals surface area contributed by atoms with Gasteiger partial charge in [0, 0.05) is 15.7 Å². The van der Waals surface area contributed by atoms with Gasteiger partial charge in [0.05, 0.1) is 6.21 Å². The highest BCUT2D eigenvalue weighted by Crippen LogP contribution is 2.25. The normalized spacial score (nSPS) is 10.9. The number of guanidine groups is 1. The highest BCUT2D eigenvalue weighted by molar-refractivity contribution is 7.99. The van der Waals surface area contributed by atoms with E-state index in [-0.39, 0.29) is 11.7 Å². The Morgan fingerprint density at radius 1 is 1.32 bits per heavy atom. The van der Waals surface area contributed by atoms with E-state index in [0.29, 0.717) is 10.8 Å². The van der Waals surface area contributed by atoms with Gasteiger partial charge in [-0.2, -0.15) is 5.10 Å². The van der Waals surface area contributed by atoms with Crippen LogP contribution in [0.3, 0.4) is 0 Å². The number of rotatable bonds is 5. The van der Waals surface area contributed by atoms with E-state index in [9.17, 15) is 4.79 Å². The molecule has 0 aliphatic rings. The van der Waals surface area contributed by atoms with Crippen LogP contribution in [-0.4, -0.2) is 23.2 Å². The number of nitrogens with zero attached hydrogens (tertiary/aromatic N) is 2. The zero-order valence-electron chi connectivity index (χ0n) is 11.3. The summed E-state index contributed by atoms with van der Waals surface area (Å²) in [7, 11) is 0. The Balaban J connectivity index is 3.09. The Kier molecular flexibility index (Phi) is 5.57. The largest absolute Gasteiger partial charge is 0.369 e. The molecular formula is C13H18N4OS. The lowest BCUT2D eigenvalue weighted by Gasteiger charge is -2.07. The molecule has 0 saturated carbocycles. The monoisotopic (exact) mass is 278 g/mol. The Hall–Kier alpha value is -1.82. The first-order valence-corrected chi connectivity index (χ1v) is 6.71. The second-order valence-corrected chi connectivity index (χ2v) is 5.93. The van der Waals surface area contributed by atoms with Crippen molar-refractivity contribution < 1.29 is 4.79 Å². The molecule has 1 aromatic carbocycles. The van der Waals surface area contributed by atoms with E-state index in [1.54, 1.807) is 17.8 Å².